The second kappa shape index (κ2) is 10.7. The van der Waals surface area contributed by atoms with E-state index in [1.807, 2.05) is 67.8 Å². The molecule has 3 aromatic rings. The number of hydrogen-bond acceptors (Lipinski definition) is 4. The van der Waals surface area contributed by atoms with Crippen LogP contribution >= 0.6 is 35.4 Å². The molecule has 0 aliphatic rings. The monoisotopic (exact) mass is 488 g/mol. The van der Waals surface area contributed by atoms with Crippen LogP contribution in [0, 0.1) is 0 Å². The smallest absolute Gasteiger partial charge is 0.288 e. The highest BCUT2D eigenvalue weighted by Gasteiger charge is 2.25. The molecule has 0 unspecified atom stereocenters. The molecule has 0 atom stereocenters. The Morgan fingerprint density at radius 2 is 1.72 bits per heavy atom. The lowest BCUT2D eigenvalue weighted by molar-refractivity contribution is -0.575. The summed E-state index contributed by atoms with van der Waals surface area (Å²) < 4.78 is 6.96. The number of nitrogens with zero attached hydrogens (tertiary/aromatic N) is 2. The highest BCUT2D eigenvalue weighted by molar-refractivity contribution is 7.81. The van der Waals surface area contributed by atoms with E-state index in [0.29, 0.717) is 32.8 Å². The summed E-state index contributed by atoms with van der Waals surface area (Å²) in [5.74, 6) is 0.727. The molecule has 0 saturated heterocycles. The molecule has 3 rings (SSSR count). The van der Waals surface area contributed by atoms with Crippen LogP contribution < -0.4 is 19.5 Å². The summed E-state index contributed by atoms with van der Waals surface area (Å²) in [6, 6.07) is 16.5. The molecule has 1 heterocycles. The van der Waals surface area contributed by atoms with Crippen LogP contribution in [0.15, 0.2) is 67.0 Å². The summed E-state index contributed by atoms with van der Waals surface area (Å²) >= 11 is 18.1. The van der Waals surface area contributed by atoms with Gasteiger partial charge >= 0.3 is 0 Å². The number of anilines is 1. The molecule has 5 nitrogen and oxygen atoms in total. The van der Waals surface area contributed by atoms with E-state index >= 15 is 0 Å². The highest BCUT2D eigenvalue weighted by Crippen LogP contribution is 2.28. The number of aliphatic hydroxyl groups is 1. The van der Waals surface area contributed by atoms with Crippen molar-refractivity contribution in [1.82, 2.24) is 5.32 Å². The van der Waals surface area contributed by atoms with Gasteiger partial charge in [-0.15, -0.1) is 0 Å². The molecule has 1 aromatic heterocycles. The van der Waals surface area contributed by atoms with Crippen molar-refractivity contribution in [3.63, 3.8) is 0 Å². The van der Waals surface area contributed by atoms with Crippen LogP contribution in [0.4, 0.5) is 5.69 Å². The Morgan fingerprint density at radius 1 is 1.06 bits per heavy atom. The topological polar surface area (TPSA) is 48.6 Å². The van der Waals surface area contributed by atoms with Crippen LogP contribution in [0.2, 0.25) is 10.0 Å². The van der Waals surface area contributed by atoms with Crippen molar-refractivity contribution in [2.75, 3.05) is 26.1 Å². The number of aromatic nitrogens is 1. The maximum atomic E-state index is 11.2. The number of ether oxygens (including phenoxy) is 1. The van der Waals surface area contributed by atoms with Gasteiger partial charge in [-0.1, -0.05) is 47.6 Å². The molecular formula is C24H24Cl2N3O2S+. The molecule has 0 bridgehead atoms. The average molecular weight is 489 g/mol. The quantitative estimate of drug-likeness (QED) is 0.203. The minimum absolute atomic E-state index is 0.0542. The molecule has 0 saturated carbocycles. The van der Waals surface area contributed by atoms with Crippen LogP contribution in [0.5, 0.6) is 5.75 Å². The summed E-state index contributed by atoms with van der Waals surface area (Å²) in [6.45, 7) is 0.476. The van der Waals surface area contributed by atoms with E-state index < -0.39 is 0 Å². The number of benzene rings is 2. The number of nitrogens with one attached hydrogen (secondary N) is 1. The standard InChI is InChI=1S/C24H23Cl2N3O2S/c1-28(2)18-10-12-29(13-11-18)22(23(30)20-9-6-17(25)14-21(20)26)24(32)27-15-16-4-7-19(31-3)8-5-16/h4-14H,15H2,1-3H3,(H-,27,30,32)/p+1. The minimum Gasteiger partial charge on any atom is -0.502 e. The van der Waals surface area contributed by atoms with Crippen molar-refractivity contribution in [2.45, 2.75) is 6.54 Å². The Hall–Kier alpha value is -2.80. The van der Waals surface area contributed by atoms with Crippen molar-refractivity contribution in [3.05, 3.63) is 88.2 Å². The van der Waals surface area contributed by atoms with Gasteiger partial charge in [-0.25, -0.2) is 0 Å². The van der Waals surface area contributed by atoms with Gasteiger partial charge in [0.2, 0.25) is 5.76 Å². The highest BCUT2D eigenvalue weighted by atomic mass is 35.5. The molecule has 8 heteroatoms. The second-order valence-electron chi connectivity index (χ2n) is 7.21. The number of thiocarbonyl (C=S) groups is 1. The first-order chi connectivity index (χ1) is 15.3. The van der Waals surface area contributed by atoms with Crippen molar-refractivity contribution < 1.29 is 14.4 Å². The zero-order valence-corrected chi connectivity index (χ0v) is 20.3. The van der Waals surface area contributed by atoms with Gasteiger partial charge < -0.3 is 20.1 Å². The maximum Gasteiger partial charge on any atom is 0.288 e. The molecule has 166 valence electrons. The van der Waals surface area contributed by atoms with Gasteiger partial charge in [0.25, 0.3) is 5.70 Å². The van der Waals surface area contributed by atoms with Gasteiger partial charge in [0.1, 0.15) is 5.75 Å². The molecule has 32 heavy (non-hydrogen) atoms. The lowest BCUT2D eigenvalue weighted by atomic mass is 10.1. The number of halogens is 2. The van der Waals surface area contributed by atoms with E-state index in [1.165, 1.54) is 0 Å². The van der Waals surface area contributed by atoms with E-state index in [-0.39, 0.29) is 5.76 Å². The van der Waals surface area contributed by atoms with Crippen molar-refractivity contribution in [1.29, 1.82) is 0 Å². The minimum atomic E-state index is -0.0542. The first-order valence-electron chi connectivity index (χ1n) is 9.79. The summed E-state index contributed by atoms with van der Waals surface area (Å²) in [7, 11) is 5.55. The van der Waals surface area contributed by atoms with Gasteiger partial charge in [0.05, 0.1) is 12.1 Å². The lowest BCUT2D eigenvalue weighted by Gasteiger charge is -2.13. The van der Waals surface area contributed by atoms with E-state index in [0.717, 1.165) is 17.0 Å². The Labute approximate surface area is 203 Å². The van der Waals surface area contributed by atoms with Crippen molar-refractivity contribution >= 4 is 57.6 Å². The van der Waals surface area contributed by atoms with Gasteiger partial charge in [0.15, 0.2) is 17.4 Å². The molecule has 0 aliphatic carbocycles. The number of methoxy groups -OCH3 is 1. The van der Waals surface area contributed by atoms with Crippen LogP contribution in [0.3, 0.4) is 0 Å². The molecule has 2 N–H and O–H groups in total. The van der Waals surface area contributed by atoms with Gasteiger partial charge in [0, 0.05) is 49.0 Å². The molecule has 0 fully saturated rings. The number of rotatable bonds is 7. The Bertz CT molecular complexity index is 1130. The third kappa shape index (κ3) is 5.71. The Kier molecular flexibility index (Phi) is 7.96. The maximum absolute atomic E-state index is 11.2. The van der Waals surface area contributed by atoms with Crippen LogP contribution in [0.25, 0.3) is 11.5 Å². The number of pyridine rings is 1. The largest absolute Gasteiger partial charge is 0.502 e. The van der Waals surface area contributed by atoms with Gasteiger partial charge in [-0.3, -0.25) is 0 Å². The lowest BCUT2D eigenvalue weighted by Crippen LogP contribution is -2.41. The first-order valence-corrected chi connectivity index (χ1v) is 11.0. The van der Waals surface area contributed by atoms with Gasteiger partial charge in [-0.05, 0) is 35.9 Å². The van der Waals surface area contributed by atoms with E-state index in [1.54, 1.807) is 29.9 Å². The second-order valence-corrected chi connectivity index (χ2v) is 8.46. The van der Waals surface area contributed by atoms with Crippen LogP contribution in [-0.2, 0) is 6.54 Å². The molecule has 0 radical (unpaired) electrons. The zero-order valence-electron chi connectivity index (χ0n) is 18.0. The van der Waals surface area contributed by atoms with E-state index in [2.05, 4.69) is 5.32 Å². The number of hydrogen-bond donors (Lipinski definition) is 2. The Morgan fingerprint density at radius 3 is 2.28 bits per heavy atom. The summed E-state index contributed by atoms with van der Waals surface area (Å²) in [5.41, 5.74) is 2.87. The fourth-order valence-electron chi connectivity index (χ4n) is 3.03. The fraction of sp³-hybridized carbons (Fsp3) is 0.167. The molecule has 2 aromatic carbocycles. The summed E-state index contributed by atoms with van der Waals surface area (Å²) in [4.78, 5) is 2.36. The summed E-state index contributed by atoms with van der Waals surface area (Å²) in [6.07, 6.45) is 3.68. The van der Waals surface area contributed by atoms with E-state index in [9.17, 15) is 5.11 Å². The predicted molar refractivity (Wildman–Crippen MR) is 136 cm³/mol. The SMILES string of the molecule is COc1ccc(CNC(=S)C(=C(O)c2ccc(Cl)cc2Cl)[n+]2ccc(N(C)C)cc2)cc1. The molecule has 0 amide bonds. The average Bonchev–Trinajstić information content (AvgIpc) is 2.78. The fourth-order valence-corrected chi connectivity index (χ4v) is 3.80. The molecule has 0 aliphatic heterocycles. The molecular weight excluding hydrogens is 465 g/mol. The number of aliphatic hydroxyl groups excluding tert-OH is 1. The zero-order chi connectivity index (χ0) is 23.3. The predicted octanol–water partition coefficient (Wildman–Crippen LogP) is 5.36. The normalized spacial score (nSPS) is 11.5. The summed E-state index contributed by atoms with van der Waals surface area (Å²) in [5, 5.41) is 15.2. The van der Waals surface area contributed by atoms with Crippen LogP contribution in [0.1, 0.15) is 11.1 Å². The van der Waals surface area contributed by atoms with Crippen molar-refractivity contribution in [2.24, 2.45) is 0 Å². The molecule has 0 spiro atoms. The van der Waals surface area contributed by atoms with Crippen molar-refractivity contribution in [3.8, 4) is 5.75 Å². The third-order valence-electron chi connectivity index (χ3n) is 4.82. The third-order valence-corrected chi connectivity index (χ3v) is 5.71. The van der Waals surface area contributed by atoms with E-state index in [4.69, 9.17) is 40.2 Å². The van der Waals surface area contributed by atoms with Crippen LogP contribution in [-0.4, -0.2) is 31.3 Å². The van der Waals surface area contributed by atoms with Gasteiger partial charge in [-0.2, -0.15) is 4.57 Å². The Balaban J connectivity index is 1.97. The first kappa shape index (κ1) is 23.9.